The van der Waals surface area contributed by atoms with E-state index in [-0.39, 0.29) is 18.8 Å². The smallest absolute Gasteiger partial charge is 0.326 e. The standard InChI is InChI=1S/C24H39N5O6/c1-3-15(2)20(29-21(31)17(26)14-30)23(33)28-19(13-16-9-5-4-6-10-16)22(32)27-18(24(34)35)11-7-8-12-25/h4-6,9-10,15,17-20,30H,3,7-8,11-14,25-26H2,1-2H3,(H,27,32)(H,28,33)(H,29,31)(H,34,35). The molecule has 35 heavy (non-hydrogen) atoms. The molecule has 3 amide bonds. The molecule has 5 atom stereocenters. The van der Waals surface area contributed by atoms with Crippen molar-refractivity contribution in [2.75, 3.05) is 13.2 Å². The van der Waals surface area contributed by atoms with Gasteiger partial charge >= 0.3 is 5.97 Å². The van der Waals surface area contributed by atoms with E-state index in [2.05, 4.69) is 16.0 Å². The van der Waals surface area contributed by atoms with E-state index in [1.807, 2.05) is 13.0 Å². The van der Waals surface area contributed by atoms with Crippen molar-refractivity contribution in [3.05, 3.63) is 35.9 Å². The Morgan fingerprint density at radius 2 is 1.57 bits per heavy atom. The van der Waals surface area contributed by atoms with E-state index in [9.17, 15) is 24.3 Å². The number of rotatable bonds is 16. The summed E-state index contributed by atoms with van der Waals surface area (Å²) in [5, 5.41) is 26.4. The molecule has 196 valence electrons. The van der Waals surface area contributed by atoms with Gasteiger partial charge in [-0.05, 0) is 37.3 Å². The highest BCUT2D eigenvalue weighted by Crippen LogP contribution is 2.11. The molecule has 0 saturated carbocycles. The van der Waals surface area contributed by atoms with E-state index in [1.165, 1.54) is 0 Å². The molecular formula is C24H39N5O6. The number of carbonyl (C=O) groups excluding carboxylic acids is 3. The lowest BCUT2D eigenvalue weighted by molar-refractivity contribution is -0.142. The number of aliphatic hydroxyl groups excluding tert-OH is 1. The van der Waals surface area contributed by atoms with Crippen LogP contribution >= 0.6 is 0 Å². The number of amides is 3. The number of carboxylic acid groups (broad SMARTS) is 1. The van der Waals surface area contributed by atoms with Crippen molar-refractivity contribution in [2.24, 2.45) is 17.4 Å². The molecule has 1 aromatic carbocycles. The number of nitrogens with one attached hydrogen (secondary N) is 3. The Balaban J connectivity index is 3.10. The van der Waals surface area contributed by atoms with Crippen molar-refractivity contribution in [3.8, 4) is 0 Å². The number of carboxylic acids is 1. The Morgan fingerprint density at radius 3 is 2.11 bits per heavy atom. The minimum atomic E-state index is -1.19. The summed E-state index contributed by atoms with van der Waals surface area (Å²) in [6.07, 6.45) is 2.01. The number of benzene rings is 1. The van der Waals surface area contributed by atoms with Crippen molar-refractivity contribution < 1.29 is 29.4 Å². The van der Waals surface area contributed by atoms with Crippen LogP contribution in [0, 0.1) is 5.92 Å². The SMILES string of the molecule is CCC(C)C(NC(=O)C(N)CO)C(=O)NC(Cc1ccccc1)C(=O)NC(CCCCN)C(=O)O. The number of unbranched alkanes of at least 4 members (excludes halogenated alkanes) is 1. The van der Waals surface area contributed by atoms with Gasteiger partial charge in [0.2, 0.25) is 17.7 Å². The molecule has 0 fully saturated rings. The van der Waals surface area contributed by atoms with E-state index >= 15 is 0 Å². The number of carbonyl (C=O) groups is 4. The second-order valence-electron chi connectivity index (χ2n) is 8.60. The van der Waals surface area contributed by atoms with Gasteiger partial charge in [0.05, 0.1) is 6.61 Å². The molecule has 0 aliphatic heterocycles. The summed E-state index contributed by atoms with van der Waals surface area (Å²) in [7, 11) is 0. The van der Waals surface area contributed by atoms with Gasteiger partial charge in [-0.25, -0.2) is 4.79 Å². The predicted octanol–water partition coefficient (Wildman–Crippen LogP) is -0.737. The maximum atomic E-state index is 13.2. The van der Waals surface area contributed by atoms with Gasteiger partial charge in [-0.1, -0.05) is 50.6 Å². The van der Waals surface area contributed by atoms with E-state index in [1.54, 1.807) is 31.2 Å². The molecule has 9 N–H and O–H groups in total. The lowest BCUT2D eigenvalue weighted by Crippen LogP contribution is -2.59. The Labute approximate surface area is 206 Å². The van der Waals surface area contributed by atoms with Crippen LogP contribution in [0.5, 0.6) is 0 Å². The average Bonchev–Trinajstić information content (AvgIpc) is 2.85. The molecule has 0 saturated heterocycles. The summed E-state index contributed by atoms with van der Waals surface area (Å²) in [4.78, 5) is 50.2. The molecule has 0 bridgehead atoms. The normalized spacial score (nSPS) is 15.2. The lowest BCUT2D eigenvalue weighted by atomic mass is 9.96. The fourth-order valence-electron chi connectivity index (χ4n) is 3.39. The third-order valence-corrected chi connectivity index (χ3v) is 5.80. The van der Waals surface area contributed by atoms with Gasteiger partial charge < -0.3 is 37.6 Å². The van der Waals surface area contributed by atoms with Crippen LogP contribution in [0.15, 0.2) is 30.3 Å². The first-order valence-electron chi connectivity index (χ1n) is 11.9. The van der Waals surface area contributed by atoms with Crippen molar-refractivity contribution >= 4 is 23.7 Å². The Kier molecular flexibility index (Phi) is 13.5. The predicted molar refractivity (Wildman–Crippen MR) is 131 cm³/mol. The van der Waals surface area contributed by atoms with Crippen LogP contribution in [0.1, 0.15) is 45.1 Å². The van der Waals surface area contributed by atoms with Gasteiger partial charge in [0, 0.05) is 6.42 Å². The molecule has 0 spiro atoms. The maximum Gasteiger partial charge on any atom is 0.326 e. The van der Waals surface area contributed by atoms with Crippen LogP contribution in [0.25, 0.3) is 0 Å². The fraction of sp³-hybridized carbons (Fsp3) is 0.583. The molecule has 1 aromatic rings. The third kappa shape index (κ3) is 10.4. The van der Waals surface area contributed by atoms with Gasteiger partial charge in [-0.15, -0.1) is 0 Å². The van der Waals surface area contributed by atoms with E-state index < -0.39 is 54.5 Å². The number of aliphatic hydroxyl groups is 1. The molecule has 0 heterocycles. The van der Waals surface area contributed by atoms with E-state index in [0.29, 0.717) is 25.8 Å². The third-order valence-electron chi connectivity index (χ3n) is 5.80. The maximum absolute atomic E-state index is 13.2. The molecule has 11 nitrogen and oxygen atoms in total. The minimum absolute atomic E-state index is 0.116. The molecule has 5 unspecified atom stereocenters. The van der Waals surface area contributed by atoms with Gasteiger partial charge in [-0.3, -0.25) is 14.4 Å². The Bertz CT molecular complexity index is 822. The van der Waals surface area contributed by atoms with Gasteiger partial charge in [0.15, 0.2) is 0 Å². The summed E-state index contributed by atoms with van der Waals surface area (Å²) in [6.45, 7) is 3.44. The molecule has 1 rings (SSSR count). The van der Waals surface area contributed by atoms with Crippen LogP contribution < -0.4 is 27.4 Å². The largest absolute Gasteiger partial charge is 0.480 e. The zero-order chi connectivity index (χ0) is 26.4. The fourth-order valence-corrected chi connectivity index (χ4v) is 3.39. The molecule has 0 aliphatic carbocycles. The van der Waals surface area contributed by atoms with E-state index in [4.69, 9.17) is 16.6 Å². The first-order chi connectivity index (χ1) is 16.6. The summed E-state index contributed by atoms with van der Waals surface area (Å²) >= 11 is 0. The van der Waals surface area contributed by atoms with Crippen molar-refractivity contribution in [1.82, 2.24) is 16.0 Å². The second-order valence-corrected chi connectivity index (χ2v) is 8.60. The zero-order valence-electron chi connectivity index (χ0n) is 20.4. The number of hydrogen-bond acceptors (Lipinski definition) is 7. The number of aliphatic carboxylic acids is 1. The minimum Gasteiger partial charge on any atom is -0.480 e. The van der Waals surface area contributed by atoms with Gasteiger partial charge in [-0.2, -0.15) is 0 Å². The van der Waals surface area contributed by atoms with Crippen LogP contribution in [0.2, 0.25) is 0 Å². The number of nitrogens with two attached hydrogens (primary N) is 2. The quantitative estimate of drug-likeness (QED) is 0.146. The first-order valence-corrected chi connectivity index (χ1v) is 11.9. The van der Waals surface area contributed by atoms with Crippen LogP contribution in [0.4, 0.5) is 0 Å². The average molecular weight is 494 g/mol. The monoisotopic (exact) mass is 493 g/mol. The second kappa shape index (κ2) is 15.8. The van der Waals surface area contributed by atoms with Crippen LogP contribution in [-0.4, -0.2) is 71.2 Å². The number of hydrogen-bond donors (Lipinski definition) is 7. The Morgan fingerprint density at radius 1 is 0.943 bits per heavy atom. The lowest BCUT2D eigenvalue weighted by Gasteiger charge is -2.28. The van der Waals surface area contributed by atoms with Crippen molar-refractivity contribution in [2.45, 2.75) is 70.1 Å². The zero-order valence-corrected chi connectivity index (χ0v) is 20.4. The van der Waals surface area contributed by atoms with E-state index in [0.717, 1.165) is 5.56 Å². The highest BCUT2D eigenvalue weighted by atomic mass is 16.4. The van der Waals surface area contributed by atoms with Crippen LogP contribution in [-0.2, 0) is 25.6 Å². The Hall–Kier alpha value is -3.02. The molecule has 0 radical (unpaired) electrons. The first kappa shape index (κ1) is 30.0. The summed E-state index contributed by atoms with van der Waals surface area (Å²) in [6, 6.07) is 4.56. The molecule has 0 aliphatic rings. The molecule has 11 heteroatoms. The van der Waals surface area contributed by atoms with Crippen molar-refractivity contribution in [3.63, 3.8) is 0 Å². The van der Waals surface area contributed by atoms with Crippen molar-refractivity contribution in [1.29, 1.82) is 0 Å². The van der Waals surface area contributed by atoms with Crippen LogP contribution in [0.3, 0.4) is 0 Å². The van der Waals surface area contributed by atoms with Gasteiger partial charge in [0.1, 0.15) is 24.2 Å². The topological polar surface area (TPSA) is 197 Å². The van der Waals surface area contributed by atoms with Gasteiger partial charge in [0.25, 0.3) is 0 Å². The summed E-state index contributed by atoms with van der Waals surface area (Å²) in [5.41, 5.74) is 11.8. The molecular weight excluding hydrogens is 454 g/mol. The highest BCUT2D eigenvalue weighted by molar-refractivity contribution is 5.94. The summed E-state index contributed by atoms with van der Waals surface area (Å²) < 4.78 is 0. The molecule has 0 aromatic heterocycles. The highest BCUT2D eigenvalue weighted by Gasteiger charge is 2.32. The summed E-state index contributed by atoms with van der Waals surface area (Å²) in [5.74, 6) is -3.42.